The number of piperidine rings is 1. The van der Waals surface area contributed by atoms with E-state index < -0.39 is 23.3 Å². The Hall–Kier alpha value is -1.59. The Morgan fingerprint density at radius 2 is 2.00 bits per heavy atom. The first-order chi connectivity index (χ1) is 6.38. The van der Waals surface area contributed by atoms with Crippen LogP contribution in [0.3, 0.4) is 0 Å². The Morgan fingerprint density at radius 3 is 2.43 bits per heavy atom. The molecule has 1 amide bonds. The molecule has 1 atom stereocenters. The van der Waals surface area contributed by atoms with Crippen molar-refractivity contribution in [3.63, 3.8) is 0 Å². The van der Waals surface area contributed by atoms with E-state index in [4.69, 9.17) is 10.2 Å². The summed E-state index contributed by atoms with van der Waals surface area (Å²) in [5, 5.41) is 17.5. The molecule has 0 aliphatic carbocycles. The van der Waals surface area contributed by atoms with Crippen molar-refractivity contribution >= 4 is 17.8 Å². The summed E-state index contributed by atoms with van der Waals surface area (Å²) in [5.41, 5.74) is -1.59. The molecular weight excluding hydrogens is 190 g/mol. The van der Waals surface area contributed by atoms with E-state index >= 15 is 0 Å². The molecule has 14 heavy (non-hydrogen) atoms. The Bertz CT molecular complexity index is 300. The zero-order chi connectivity index (χ0) is 10.9. The second-order valence-corrected chi connectivity index (χ2v) is 3.51. The maximum Gasteiger partial charge on any atom is 0.407 e. The van der Waals surface area contributed by atoms with Crippen molar-refractivity contribution in [1.82, 2.24) is 4.90 Å². The number of rotatable bonds is 1. The van der Waals surface area contributed by atoms with Crippen LogP contribution in [0.5, 0.6) is 0 Å². The van der Waals surface area contributed by atoms with Crippen LogP contribution < -0.4 is 0 Å². The lowest BCUT2D eigenvalue weighted by Crippen LogP contribution is -2.53. The average molecular weight is 201 g/mol. The molecule has 0 aromatic carbocycles. The standard InChI is InChI=1S/C8H11NO5/c1-8(6(11)12)4-9(7(13)14)3-2-5(8)10/h2-4H2,1H3,(H,11,12)(H,13,14). The quantitative estimate of drug-likeness (QED) is 0.583. The van der Waals surface area contributed by atoms with E-state index in [2.05, 4.69) is 0 Å². The van der Waals surface area contributed by atoms with Crippen molar-refractivity contribution < 1.29 is 24.6 Å². The molecule has 1 aliphatic rings. The van der Waals surface area contributed by atoms with Crippen molar-refractivity contribution in [3.8, 4) is 0 Å². The molecule has 0 saturated carbocycles. The Kier molecular flexibility index (Phi) is 2.46. The molecule has 0 aromatic heterocycles. The molecule has 6 heteroatoms. The van der Waals surface area contributed by atoms with Crippen molar-refractivity contribution in [1.29, 1.82) is 0 Å². The Balaban J connectivity index is 2.89. The van der Waals surface area contributed by atoms with E-state index in [0.717, 1.165) is 4.90 Å². The number of carbonyl (C=O) groups is 3. The highest BCUT2D eigenvalue weighted by atomic mass is 16.4. The number of carbonyl (C=O) groups excluding carboxylic acids is 1. The predicted molar refractivity (Wildman–Crippen MR) is 45.0 cm³/mol. The minimum Gasteiger partial charge on any atom is -0.480 e. The maximum absolute atomic E-state index is 11.3. The van der Waals surface area contributed by atoms with Gasteiger partial charge < -0.3 is 15.1 Å². The summed E-state index contributed by atoms with van der Waals surface area (Å²) in [5.74, 6) is -1.68. The topological polar surface area (TPSA) is 94.9 Å². The molecule has 0 radical (unpaired) electrons. The molecule has 1 rings (SSSR count). The number of likely N-dealkylation sites (tertiary alicyclic amines) is 1. The van der Waals surface area contributed by atoms with Gasteiger partial charge in [0.15, 0.2) is 5.78 Å². The number of hydrogen-bond acceptors (Lipinski definition) is 3. The fourth-order valence-corrected chi connectivity index (χ4v) is 1.41. The minimum atomic E-state index is -1.59. The fraction of sp³-hybridized carbons (Fsp3) is 0.625. The van der Waals surface area contributed by atoms with Crippen molar-refractivity contribution in [2.24, 2.45) is 5.41 Å². The average Bonchev–Trinajstić information content (AvgIpc) is 2.09. The number of ketones is 1. The number of hydrogen-bond donors (Lipinski definition) is 2. The zero-order valence-electron chi connectivity index (χ0n) is 7.69. The molecule has 1 unspecified atom stereocenters. The van der Waals surface area contributed by atoms with E-state index in [-0.39, 0.29) is 19.5 Å². The van der Waals surface area contributed by atoms with Crippen LogP contribution in [0.4, 0.5) is 4.79 Å². The highest BCUT2D eigenvalue weighted by Crippen LogP contribution is 2.26. The molecule has 1 fully saturated rings. The van der Waals surface area contributed by atoms with Crippen LogP contribution in [0.1, 0.15) is 13.3 Å². The smallest absolute Gasteiger partial charge is 0.407 e. The molecule has 1 heterocycles. The monoisotopic (exact) mass is 201 g/mol. The van der Waals surface area contributed by atoms with Gasteiger partial charge in [0.1, 0.15) is 5.41 Å². The van der Waals surface area contributed by atoms with Crippen LogP contribution in [-0.4, -0.2) is 46.0 Å². The molecule has 1 saturated heterocycles. The number of nitrogens with zero attached hydrogens (tertiary/aromatic N) is 1. The summed E-state index contributed by atoms with van der Waals surface area (Å²) in [6.45, 7) is 1.07. The molecule has 0 aromatic rings. The van der Waals surface area contributed by atoms with Gasteiger partial charge in [-0.15, -0.1) is 0 Å². The molecule has 78 valence electrons. The number of Topliss-reactive ketones (excluding diaryl/α,β-unsaturated/α-hetero) is 1. The van der Waals surface area contributed by atoms with E-state index in [9.17, 15) is 14.4 Å². The van der Waals surface area contributed by atoms with Crippen LogP contribution in [0.15, 0.2) is 0 Å². The van der Waals surface area contributed by atoms with Crippen LogP contribution in [0, 0.1) is 5.41 Å². The molecule has 6 nitrogen and oxygen atoms in total. The van der Waals surface area contributed by atoms with Gasteiger partial charge in [-0.25, -0.2) is 4.79 Å². The number of carboxylic acid groups (broad SMARTS) is 2. The van der Waals surface area contributed by atoms with Crippen LogP contribution in [0.2, 0.25) is 0 Å². The van der Waals surface area contributed by atoms with Crippen LogP contribution in [-0.2, 0) is 9.59 Å². The second kappa shape index (κ2) is 3.28. The largest absolute Gasteiger partial charge is 0.480 e. The first-order valence-corrected chi connectivity index (χ1v) is 4.12. The molecular formula is C8H11NO5. The first-order valence-electron chi connectivity index (χ1n) is 4.12. The van der Waals surface area contributed by atoms with Crippen LogP contribution in [0.25, 0.3) is 0 Å². The lowest BCUT2D eigenvalue weighted by atomic mass is 9.81. The third kappa shape index (κ3) is 1.55. The maximum atomic E-state index is 11.3. The molecule has 1 aliphatic heterocycles. The first kappa shape index (κ1) is 10.5. The molecule has 0 bridgehead atoms. The summed E-state index contributed by atoms with van der Waals surface area (Å²) in [7, 11) is 0. The van der Waals surface area contributed by atoms with E-state index in [0.29, 0.717) is 0 Å². The van der Waals surface area contributed by atoms with Crippen molar-refractivity contribution in [2.75, 3.05) is 13.1 Å². The summed E-state index contributed by atoms with van der Waals surface area (Å²) in [6.07, 6.45) is -1.22. The highest BCUT2D eigenvalue weighted by molar-refractivity contribution is 6.04. The van der Waals surface area contributed by atoms with Crippen LogP contribution >= 0.6 is 0 Å². The summed E-state index contributed by atoms with van der Waals surface area (Å²) in [4.78, 5) is 33.7. The third-order valence-electron chi connectivity index (χ3n) is 2.47. The zero-order valence-corrected chi connectivity index (χ0v) is 7.69. The van der Waals surface area contributed by atoms with Gasteiger partial charge in [0.2, 0.25) is 0 Å². The lowest BCUT2D eigenvalue weighted by molar-refractivity contribution is -0.156. The number of aliphatic carboxylic acids is 1. The predicted octanol–water partition coefficient (Wildman–Crippen LogP) is 0.0301. The summed E-state index contributed by atoms with van der Waals surface area (Å²) >= 11 is 0. The van der Waals surface area contributed by atoms with Gasteiger partial charge in [-0.05, 0) is 6.92 Å². The Morgan fingerprint density at radius 1 is 1.43 bits per heavy atom. The summed E-state index contributed by atoms with van der Waals surface area (Å²) in [6, 6.07) is 0. The molecule has 0 spiro atoms. The van der Waals surface area contributed by atoms with Gasteiger partial charge in [-0.2, -0.15) is 0 Å². The van der Waals surface area contributed by atoms with E-state index in [1.54, 1.807) is 0 Å². The SMILES string of the molecule is CC1(C(=O)O)CN(C(=O)O)CCC1=O. The fourth-order valence-electron chi connectivity index (χ4n) is 1.41. The van der Waals surface area contributed by atoms with Gasteiger partial charge in [-0.3, -0.25) is 9.59 Å². The van der Waals surface area contributed by atoms with E-state index in [1.807, 2.05) is 0 Å². The van der Waals surface area contributed by atoms with Crippen molar-refractivity contribution in [2.45, 2.75) is 13.3 Å². The van der Waals surface area contributed by atoms with Crippen molar-refractivity contribution in [3.05, 3.63) is 0 Å². The summed E-state index contributed by atoms with van der Waals surface area (Å²) < 4.78 is 0. The lowest BCUT2D eigenvalue weighted by Gasteiger charge is -2.34. The normalized spacial score (nSPS) is 27.5. The Labute approximate surface area is 80.1 Å². The van der Waals surface area contributed by atoms with Gasteiger partial charge in [0.05, 0.1) is 0 Å². The number of amides is 1. The van der Waals surface area contributed by atoms with E-state index in [1.165, 1.54) is 6.92 Å². The van der Waals surface area contributed by atoms with Gasteiger partial charge >= 0.3 is 12.1 Å². The molecule has 2 N–H and O–H groups in total. The number of carboxylic acids is 1. The second-order valence-electron chi connectivity index (χ2n) is 3.51. The van der Waals surface area contributed by atoms with Gasteiger partial charge in [0.25, 0.3) is 0 Å². The highest BCUT2D eigenvalue weighted by Gasteiger charge is 2.46. The van der Waals surface area contributed by atoms with Gasteiger partial charge in [-0.1, -0.05) is 0 Å². The van der Waals surface area contributed by atoms with Gasteiger partial charge in [0, 0.05) is 19.5 Å². The minimum absolute atomic E-state index is 0.0326. The third-order valence-corrected chi connectivity index (χ3v) is 2.47.